The summed E-state index contributed by atoms with van der Waals surface area (Å²) >= 11 is 0. The summed E-state index contributed by atoms with van der Waals surface area (Å²) in [6.45, 7) is 7.30. The lowest BCUT2D eigenvalue weighted by molar-refractivity contribution is 0.117. The lowest BCUT2D eigenvalue weighted by atomic mass is 10.9. The molecule has 13 heteroatoms. The van der Waals surface area contributed by atoms with E-state index in [0.717, 1.165) is 0 Å². The Morgan fingerprint density at radius 1 is 0.478 bits per heavy atom. The highest BCUT2D eigenvalue weighted by Gasteiger charge is 2.46. The second kappa shape index (κ2) is 11.1. The Morgan fingerprint density at radius 2 is 0.696 bits per heavy atom. The van der Waals surface area contributed by atoms with E-state index in [9.17, 15) is 13.7 Å². The molecule has 0 aliphatic heterocycles. The maximum Gasteiger partial charge on any atom is 0.492 e. The zero-order chi connectivity index (χ0) is 18.0. The first-order valence-electron chi connectivity index (χ1n) is 7.17. The molecule has 140 valence electrons. The molecule has 0 bridgehead atoms. The fourth-order valence-electron chi connectivity index (χ4n) is 1.27. The van der Waals surface area contributed by atoms with Gasteiger partial charge in [-0.15, -0.1) is 0 Å². The topological polar surface area (TPSA) is 116 Å². The second-order valence-corrected chi connectivity index (χ2v) is 8.87. The van der Waals surface area contributed by atoms with Crippen molar-refractivity contribution in [2.45, 2.75) is 34.6 Å². The predicted molar refractivity (Wildman–Crippen MR) is 83.1 cm³/mol. The van der Waals surface area contributed by atoms with Gasteiger partial charge in [0.25, 0.3) is 0 Å². The van der Waals surface area contributed by atoms with Crippen LogP contribution in [-0.2, 0) is 44.9 Å². The number of phosphoric ester groups is 2. The normalized spacial score (nSPS) is 13.4. The first-order chi connectivity index (χ1) is 10.7. The first kappa shape index (κ1) is 23.4. The molecular formula is C10H25O10P3. The van der Waals surface area contributed by atoms with E-state index in [2.05, 4.69) is 0 Å². The van der Waals surface area contributed by atoms with Crippen molar-refractivity contribution in [1.29, 1.82) is 0 Å². The van der Waals surface area contributed by atoms with E-state index in [-0.39, 0.29) is 33.0 Å². The summed E-state index contributed by atoms with van der Waals surface area (Å²) in [6, 6.07) is 0. The van der Waals surface area contributed by atoms with Gasteiger partial charge in [0, 0.05) is 0 Å². The van der Waals surface area contributed by atoms with Gasteiger partial charge in [-0.05, 0) is 34.6 Å². The molecule has 0 heterocycles. The summed E-state index contributed by atoms with van der Waals surface area (Å²) in [4.78, 5) is 0. The quantitative estimate of drug-likeness (QED) is 0.386. The molecule has 23 heavy (non-hydrogen) atoms. The maximum atomic E-state index is 12.6. The molecule has 0 spiro atoms. The van der Waals surface area contributed by atoms with Gasteiger partial charge in [-0.3, -0.25) is 22.6 Å². The van der Waals surface area contributed by atoms with Crippen molar-refractivity contribution in [2.24, 2.45) is 0 Å². The van der Waals surface area contributed by atoms with Crippen LogP contribution in [0.2, 0.25) is 0 Å². The van der Waals surface area contributed by atoms with Crippen molar-refractivity contribution in [3.8, 4) is 0 Å². The van der Waals surface area contributed by atoms with Gasteiger partial charge in [0.1, 0.15) is 0 Å². The molecular weight excluding hydrogens is 373 g/mol. The molecule has 0 saturated heterocycles. The highest BCUT2D eigenvalue weighted by atomic mass is 31.3. The summed E-state index contributed by atoms with van der Waals surface area (Å²) < 4.78 is 71.2. The van der Waals surface area contributed by atoms with Crippen LogP contribution >= 0.6 is 23.5 Å². The van der Waals surface area contributed by atoms with Crippen LogP contribution in [0.1, 0.15) is 34.6 Å². The van der Waals surface area contributed by atoms with Crippen molar-refractivity contribution in [2.75, 3.05) is 33.0 Å². The Hall–Kier alpha value is 0.410. The van der Waals surface area contributed by atoms with Crippen LogP contribution in [-0.4, -0.2) is 33.0 Å². The van der Waals surface area contributed by atoms with Gasteiger partial charge in [0.15, 0.2) is 0 Å². The Balaban J connectivity index is 5.41. The van der Waals surface area contributed by atoms with Crippen LogP contribution in [0, 0.1) is 0 Å². The Bertz CT molecular complexity index is 412. The number of rotatable bonds is 14. The van der Waals surface area contributed by atoms with Gasteiger partial charge in [-0.1, -0.05) is 0 Å². The number of hydrogen-bond donors (Lipinski definition) is 0. The van der Waals surface area contributed by atoms with Crippen molar-refractivity contribution in [3.63, 3.8) is 0 Å². The lowest BCUT2D eigenvalue weighted by Crippen LogP contribution is -2.05. The summed E-state index contributed by atoms with van der Waals surface area (Å²) in [5.41, 5.74) is 0. The molecule has 0 saturated carbocycles. The van der Waals surface area contributed by atoms with Gasteiger partial charge in [-0.25, -0.2) is 13.7 Å². The highest BCUT2D eigenvalue weighted by Crippen LogP contribution is 2.72. The second-order valence-electron chi connectivity index (χ2n) is 3.59. The van der Waals surface area contributed by atoms with E-state index >= 15 is 0 Å². The average Bonchev–Trinajstić information content (AvgIpc) is 2.38. The molecule has 0 aromatic carbocycles. The third-order valence-electron chi connectivity index (χ3n) is 1.84. The van der Waals surface area contributed by atoms with Gasteiger partial charge in [-0.2, -0.15) is 8.62 Å². The SMILES string of the molecule is CCOP(=O)(OCC)OP(=O)(OCC)OP(=O)(OCC)OCC. The van der Waals surface area contributed by atoms with Crippen molar-refractivity contribution < 1.29 is 44.9 Å². The maximum absolute atomic E-state index is 12.6. The summed E-state index contributed by atoms with van der Waals surface area (Å²) in [7, 11) is -13.1. The third kappa shape index (κ3) is 8.89. The van der Waals surface area contributed by atoms with E-state index in [1.54, 1.807) is 0 Å². The minimum atomic E-state index is -4.61. The highest BCUT2D eigenvalue weighted by molar-refractivity contribution is 7.67. The van der Waals surface area contributed by atoms with Crippen LogP contribution in [0.5, 0.6) is 0 Å². The predicted octanol–water partition coefficient (Wildman–Crippen LogP) is 4.53. The molecule has 0 fully saturated rings. The van der Waals surface area contributed by atoms with Gasteiger partial charge >= 0.3 is 23.5 Å². The molecule has 0 unspecified atom stereocenters. The van der Waals surface area contributed by atoms with Crippen LogP contribution in [0.25, 0.3) is 0 Å². The van der Waals surface area contributed by atoms with Gasteiger partial charge < -0.3 is 0 Å². The largest absolute Gasteiger partial charge is 0.492 e. The molecule has 0 aromatic heterocycles. The number of hydrogen-bond acceptors (Lipinski definition) is 10. The van der Waals surface area contributed by atoms with Crippen LogP contribution in [0.3, 0.4) is 0 Å². The standard InChI is InChI=1S/C10H25O10P3/c1-6-14-21(11,15-7-2)19-23(13,18-10-5)20-22(12,16-8-3)17-9-4/h6-10H2,1-5H3. The van der Waals surface area contributed by atoms with E-state index in [1.807, 2.05) is 0 Å². The van der Waals surface area contributed by atoms with Gasteiger partial charge in [0.2, 0.25) is 0 Å². The zero-order valence-corrected chi connectivity index (χ0v) is 16.6. The van der Waals surface area contributed by atoms with Crippen molar-refractivity contribution in [3.05, 3.63) is 0 Å². The first-order valence-corrected chi connectivity index (χ1v) is 11.6. The zero-order valence-electron chi connectivity index (χ0n) is 14.0. The molecule has 0 amide bonds. The summed E-state index contributed by atoms with van der Waals surface area (Å²) in [5.74, 6) is 0. The Kier molecular flexibility index (Phi) is 11.3. The van der Waals surface area contributed by atoms with Crippen molar-refractivity contribution in [1.82, 2.24) is 0 Å². The molecule has 0 rings (SSSR count). The summed E-state index contributed by atoms with van der Waals surface area (Å²) in [5, 5.41) is 0. The molecule has 0 radical (unpaired) electrons. The fraction of sp³-hybridized carbons (Fsp3) is 1.00. The molecule has 0 aromatic rings. The van der Waals surface area contributed by atoms with E-state index in [1.165, 1.54) is 34.6 Å². The van der Waals surface area contributed by atoms with Crippen molar-refractivity contribution >= 4 is 23.5 Å². The summed E-state index contributed by atoms with van der Waals surface area (Å²) in [6.07, 6.45) is 0. The number of phosphoric acid groups is 3. The van der Waals surface area contributed by atoms with E-state index in [0.29, 0.717) is 0 Å². The third-order valence-corrected chi connectivity index (χ3v) is 7.91. The van der Waals surface area contributed by atoms with Crippen LogP contribution in [0.15, 0.2) is 0 Å². The molecule has 0 aliphatic rings. The molecule has 10 nitrogen and oxygen atoms in total. The molecule has 0 atom stereocenters. The van der Waals surface area contributed by atoms with E-state index < -0.39 is 23.5 Å². The van der Waals surface area contributed by atoms with Gasteiger partial charge in [0.05, 0.1) is 33.0 Å². The molecule has 0 N–H and O–H groups in total. The smallest absolute Gasteiger partial charge is 0.287 e. The lowest BCUT2D eigenvalue weighted by Gasteiger charge is -2.24. The Labute approximate surface area is 136 Å². The monoisotopic (exact) mass is 398 g/mol. The van der Waals surface area contributed by atoms with E-state index in [4.69, 9.17) is 31.2 Å². The minimum Gasteiger partial charge on any atom is -0.287 e. The molecule has 0 aliphatic carbocycles. The van der Waals surface area contributed by atoms with Crippen LogP contribution in [0.4, 0.5) is 0 Å². The Morgan fingerprint density at radius 3 is 0.913 bits per heavy atom. The van der Waals surface area contributed by atoms with Crippen LogP contribution < -0.4 is 0 Å². The fourth-order valence-corrected chi connectivity index (χ4v) is 6.48. The average molecular weight is 398 g/mol. The minimum absolute atomic E-state index is 0.0437.